The zero-order valence-corrected chi connectivity index (χ0v) is 11.6. The van der Waals surface area contributed by atoms with E-state index < -0.39 is 29.2 Å². The first-order valence-corrected chi connectivity index (χ1v) is 6.59. The van der Waals surface area contributed by atoms with E-state index in [0.717, 1.165) is 5.56 Å². The molecule has 0 fully saturated rings. The number of imidazole rings is 1. The molecule has 0 aliphatic carbocycles. The molecular formula is C15H10F4N4. The molecule has 0 unspecified atom stereocenters. The lowest BCUT2D eigenvalue weighted by Crippen LogP contribution is -2.10. The second-order valence-corrected chi connectivity index (χ2v) is 4.66. The van der Waals surface area contributed by atoms with Crippen LogP contribution in [0.5, 0.6) is 0 Å². The average Bonchev–Trinajstić information content (AvgIpc) is 3.03. The SMILES string of the molecule is Fc1nc(F)c(F)c(NCc2ncc(-c3ccccc3)[nH]2)c1F. The molecule has 23 heavy (non-hydrogen) atoms. The Balaban J connectivity index is 1.79. The minimum atomic E-state index is -1.71. The van der Waals surface area contributed by atoms with Gasteiger partial charge in [0.25, 0.3) is 11.9 Å². The first-order valence-electron chi connectivity index (χ1n) is 6.59. The van der Waals surface area contributed by atoms with Crippen molar-refractivity contribution in [3.63, 3.8) is 0 Å². The van der Waals surface area contributed by atoms with Crippen LogP contribution < -0.4 is 5.32 Å². The number of nitrogens with one attached hydrogen (secondary N) is 2. The van der Waals surface area contributed by atoms with Crippen molar-refractivity contribution in [3.8, 4) is 11.3 Å². The van der Waals surface area contributed by atoms with Gasteiger partial charge >= 0.3 is 0 Å². The standard InChI is InChI=1S/C15H10F4N4/c16-11-13(12(17)15(19)23-14(11)18)21-7-10-20-6-9(22-10)8-4-2-1-3-5-8/h1-6H,7H2,(H,20,22)(H,21,23). The van der Waals surface area contributed by atoms with Gasteiger partial charge in [-0.15, -0.1) is 0 Å². The van der Waals surface area contributed by atoms with Gasteiger partial charge in [0.05, 0.1) is 18.4 Å². The van der Waals surface area contributed by atoms with Gasteiger partial charge in [-0.3, -0.25) is 0 Å². The van der Waals surface area contributed by atoms with Gasteiger partial charge in [-0.2, -0.15) is 22.5 Å². The Morgan fingerprint density at radius 1 is 0.957 bits per heavy atom. The summed E-state index contributed by atoms with van der Waals surface area (Å²) in [7, 11) is 0. The fourth-order valence-electron chi connectivity index (χ4n) is 2.03. The number of hydrogen-bond donors (Lipinski definition) is 2. The van der Waals surface area contributed by atoms with Crippen LogP contribution in [0.25, 0.3) is 11.3 Å². The van der Waals surface area contributed by atoms with Crippen LogP contribution in [0, 0.1) is 23.5 Å². The van der Waals surface area contributed by atoms with E-state index >= 15 is 0 Å². The molecule has 0 bridgehead atoms. The van der Waals surface area contributed by atoms with Gasteiger partial charge in [0, 0.05) is 0 Å². The summed E-state index contributed by atoms with van der Waals surface area (Å²) in [6, 6.07) is 9.28. The second-order valence-electron chi connectivity index (χ2n) is 4.66. The zero-order valence-electron chi connectivity index (χ0n) is 11.6. The largest absolute Gasteiger partial charge is 0.373 e. The Morgan fingerprint density at radius 3 is 2.26 bits per heavy atom. The van der Waals surface area contributed by atoms with E-state index in [0.29, 0.717) is 11.5 Å². The molecule has 0 aliphatic heterocycles. The first kappa shape index (κ1) is 15.0. The average molecular weight is 322 g/mol. The Labute approximate surface area is 128 Å². The summed E-state index contributed by atoms with van der Waals surface area (Å²) in [6.45, 7) is -0.149. The van der Waals surface area contributed by atoms with Crippen molar-refractivity contribution >= 4 is 5.69 Å². The highest BCUT2D eigenvalue weighted by Crippen LogP contribution is 2.23. The van der Waals surface area contributed by atoms with Gasteiger partial charge in [-0.25, -0.2) is 4.98 Å². The summed E-state index contributed by atoms with van der Waals surface area (Å²) in [5, 5.41) is 2.28. The van der Waals surface area contributed by atoms with Crippen LogP contribution in [0.3, 0.4) is 0 Å². The predicted molar refractivity (Wildman–Crippen MR) is 75.4 cm³/mol. The lowest BCUT2D eigenvalue weighted by atomic mass is 10.2. The Bertz CT molecular complexity index is 807. The predicted octanol–water partition coefficient (Wildman–Crippen LogP) is 3.64. The van der Waals surface area contributed by atoms with E-state index in [4.69, 9.17) is 0 Å². The number of benzene rings is 1. The van der Waals surface area contributed by atoms with E-state index in [1.165, 1.54) is 0 Å². The maximum absolute atomic E-state index is 13.5. The minimum Gasteiger partial charge on any atom is -0.373 e. The fraction of sp³-hybridized carbons (Fsp3) is 0.0667. The number of rotatable bonds is 4. The highest BCUT2D eigenvalue weighted by atomic mass is 19.2. The molecular weight excluding hydrogens is 312 g/mol. The third kappa shape index (κ3) is 3.01. The Morgan fingerprint density at radius 2 is 1.61 bits per heavy atom. The number of aromatic amines is 1. The van der Waals surface area contributed by atoms with E-state index in [9.17, 15) is 17.6 Å². The minimum absolute atomic E-state index is 0.149. The molecule has 3 rings (SSSR count). The number of nitrogens with zero attached hydrogens (tertiary/aromatic N) is 2. The Kier molecular flexibility index (Phi) is 3.96. The van der Waals surface area contributed by atoms with Gasteiger partial charge in [-0.1, -0.05) is 30.3 Å². The summed E-state index contributed by atoms with van der Waals surface area (Å²) in [6.07, 6.45) is 1.55. The topological polar surface area (TPSA) is 53.6 Å². The number of pyridine rings is 1. The molecule has 8 heteroatoms. The Hall–Kier alpha value is -2.90. The number of halogens is 4. The lowest BCUT2D eigenvalue weighted by molar-refractivity contribution is 0.410. The molecule has 0 amide bonds. The van der Waals surface area contributed by atoms with Gasteiger partial charge in [0.2, 0.25) is 11.6 Å². The van der Waals surface area contributed by atoms with E-state index in [2.05, 4.69) is 20.3 Å². The van der Waals surface area contributed by atoms with Crippen LogP contribution in [0.1, 0.15) is 5.82 Å². The highest BCUT2D eigenvalue weighted by molar-refractivity contribution is 5.58. The molecule has 1 aromatic carbocycles. The summed E-state index contributed by atoms with van der Waals surface area (Å²) in [5.41, 5.74) is 0.660. The third-order valence-corrected chi connectivity index (χ3v) is 3.14. The van der Waals surface area contributed by atoms with Crippen molar-refractivity contribution in [2.24, 2.45) is 0 Å². The summed E-state index contributed by atoms with van der Waals surface area (Å²) in [5.74, 6) is -6.25. The zero-order chi connectivity index (χ0) is 16.4. The number of H-pyrrole nitrogens is 1. The molecule has 0 atom stereocenters. The molecule has 118 valence electrons. The van der Waals surface area contributed by atoms with Crippen molar-refractivity contribution in [2.75, 3.05) is 5.32 Å². The van der Waals surface area contributed by atoms with Gasteiger partial charge in [-0.05, 0) is 5.56 Å². The first-order chi connectivity index (χ1) is 11.1. The van der Waals surface area contributed by atoms with Crippen molar-refractivity contribution < 1.29 is 17.6 Å². The highest BCUT2D eigenvalue weighted by Gasteiger charge is 2.20. The van der Waals surface area contributed by atoms with Gasteiger partial charge in [0.1, 0.15) is 11.5 Å². The molecule has 2 N–H and O–H groups in total. The van der Waals surface area contributed by atoms with Crippen LogP contribution in [-0.4, -0.2) is 15.0 Å². The molecule has 2 heterocycles. The smallest absolute Gasteiger partial charge is 0.253 e. The maximum Gasteiger partial charge on any atom is 0.253 e. The molecule has 0 radical (unpaired) electrons. The van der Waals surface area contributed by atoms with Gasteiger partial charge in [0.15, 0.2) is 0 Å². The normalized spacial score (nSPS) is 10.8. The third-order valence-electron chi connectivity index (χ3n) is 3.14. The lowest BCUT2D eigenvalue weighted by Gasteiger charge is -2.08. The van der Waals surface area contributed by atoms with Gasteiger partial charge < -0.3 is 10.3 Å². The van der Waals surface area contributed by atoms with E-state index in [-0.39, 0.29) is 6.54 Å². The van der Waals surface area contributed by atoms with Crippen LogP contribution in [0.2, 0.25) is 0 Å². The van der Waals surface area contributed by atoms with Crippen molar-refractivity contribution in [3.05, 3.63) is 65.9 Å². The second kappa shape index (κ2) is 6.07. The van der Waals surface area contributed by atoms with Crippen LogP contribution in [0.15, 0.2) is 36.5 Å². The molecule has 0 aliphatic rings. The summed E-state index contributed by atoms with van der Waals surface area (Å²) >= 11 is 0. The molecule has 0 saturated heterocycles. The molecule has 2 aromatic heterocycles. The van der Waals surface area contributed by atoms with E-state index in [1.807, 2.05) is 30.3 Å². The maximum atomic E-state index is 13.5. The molecule has 3 aromatic rings. The monoisotopic (exact) mass is 322 g/mol. The van der Waals surface area contributed by atoms with E-state index in [1.54, 1.807) is 6.20 Å². The van der Waals surface area contributed by atoms with Crippen molar-refractivity contribution in [1.82, 2.24) is 15.0 Å². The van der Waals surface area contributed by atoms with Crippen LogP contribution in [0.4, 0.5) is 23.2 Å². The molecule has 0 spiro atoms. The van der Waals surface area contributed by atoms with Crippen LogP contribution in [-0.2, 0) is 6.54 Å². The number of hydrogen-bond acceptors (Lipinski definition) is 3. The van der Waals surface area contributed by atoms with Crippen molar-refractivity contribution in [1.29, 1.82) is 0 Å². The molecule has 4 nitrogen and oxygen atoms in total. The summed E-state index contributed by atoms with van der Waals surface area (Å²) < 4.78 is 53.0. The summed E-state index contributed by atoms with van der Waals surface area (Å²) in [4.78, 5) is 9.48. The number of anilines is 1. The quantitative estimate of drug-likeness (QED) is 0.569. The number of aromatic nitrogens is 3. The van der Waals surface area contributed by atoms with Crippen LogP contribution >= 0.6 is 0 Å². The van der Waals surface area contributed by atoms with Crippen molar-refractivity contribution in [2.45, 2.75) is 6.54 Å². The molecule has 0 saturated carbocycles. The fourth-order valence-corrected chi connectivity index (χ4v) is 2.03.